The summed E-state index contributed by atoms with van der Waals surface area (Å²) in [7, 11) is 0. The van der Waals surface area contributed by atoms with E-state index in [1.54, 1.807) is 5.56 Å². The van der Waals surface area contributed by atoms with Crippen LogP contribution in [0.25, 0.3) is 0 Å². The minimum atomic E-state index is 0.629. The van der Waals surface area contributed by atoms with Gasteiger partial charge in [0.15, 0.2) is 0 Å². The van der Waals surface area contributed by atoms with Crippen molar-refractivity contribution in [2.45, 2.75) is 49.8 Å². The van der Waals surface area contributed by atoms with Crippen LogP contribution in [-0.4, -0.2) is 17.8 Å². The average Bonchev–Trinajstić information content (AvgIpc) is 2.71. The fourth-order valence-electron chi connectivity index (χ4n) is 2.53. The molecule has 1 nitrogen and oxygen atoms in total. The molecule has 0 saturated carbocycles. The van der Waals surface area contributed by atoms with E-state index in [2.05, 4.69) is 62.1 Å². The third-order valence-corrected chi connectivity index (χ3v) is 5.07. The standard InChI is InChI=1S/C15H23NS/c1-4-16-12(3)11(2)9-14-10-13-7-5-6-8-15(13)17-14/h5-8,11-12,14,16H,4,9-10H2,1-3H3. The molecular weight excluding hydrogens is 226 g/mol. The van der Waals surface area contributed by atoms with E-state index >= 15 is 0 Å². The predicted octanol–water partition coefficient (Wildman–Crippen LogP) is 3.73. The number of hydrogen-bond acceptors (Lipinski definition) is 2. The van der Waals surface area contributed by atoms with Gasteiger partial charge < -0.3 is 5.32 Å². The Balaban J connectivity index is 1.87. The Morgan fingerprint density at radius 3 is 2.82 bits per heavy atom. The zero-order valence-electron chi connectivity index (χ0n) is 11.1. The highest BCUT2D eigenvalue weighted by Crippen LogP contribution is 2.39. The van der Waals surface area contributed by atoms with E-state index < -0.39 is 0 Å². The zero-order chi connectivity index (χ0) is 12.3. The molecule has 0 radical (unpaired) electrons. The van der Waals surface area contributed by atoms with Crippen molar-refractivity contribution < 1.29 is 0 Å². The Morgan fingerprint density at radius 2 is 2.12 bits per heavy atom. The van der Waals surface area contributed by atoms with Crippen LogP contribution in [0.15, 0.2) is 29.2 Å². The van der Waals surface area contributed by atoms with Crippen molar-refractivity contribution in [3.8, 4) is 0 Å². The number of rotatable bonds is 5. The lowest BCUT2D eigenvalue weighted by molar-refractivity contribution is 0.383. The summed E-state index contributed by atoms with van der Waals surface area (Å²) in [5, 5.41) is 4.31. The zero-order valence-corrected chi connectivity index (χ0v) is 11.9. The third-order valence-electron chi connectivity index (χ3n) is 3.73. The second-order valence-corrected chi connectivity index (χ2v) is 6.45. The SMILES string of the molecule is CCNC(C)C(C)CC1Cc2ccccc2S1. The minimum Gasteiger partial charge on any atom is -0.314 e. The molecule has 1 aromatic rings. The van der Waals surface area contributed by atoms with Crippen LogP contribution in [0.4, 0.5) is 0 Å². The normalized spacial score (nSPS) is 22.2. The molecule has 0 saturated heterocycles. The quantitative estimate of drug-likeness (QED) is 0.853. The molecule has 17 heavy (non-hydrogen) atoms. The molecule has 0 aliphatic carbocycles. The van der Waals surface area contributed by atoms with Crippen LogP contribution < -0.4 is 5.32 Å². The van der Waals surface area contributed by atoms with Crippen LogP contribution in [0.1, 0.15) is 32.8 Å². The fraction of sp³-hybridized carbons (Fsp3) is 0.600. The van der Waals surface area contributed by atoms with E-state index in [1.165, 1.54) is 17.7 Å². The fourth-order valence-corrected chi connectivity index (χ4v) is 4.01. The predicted molar refractivity (Wildman–Crippen MR) is 76.7 cm³/mol. The van der Waals surface area contributed by atoms with Crippen LogP contribution in [-0.2, 0) is 6.42 Å². The summed E-state index contributed by atoms with van der Waals surface area (Å²) < 4.78 is 0. The van der Waals surface area contributed by atoms with E-state index in [9.17, 15) is 0 Å². The van der Waals surface area contributed by atoms with Gasteiger partial charge in [-0.05, 0) is 43.9 Å². The largest absolute Gasteiger partial charge is 0.314 e. The second-order valence-electron chi connectivity index (χ2n) is 5.11. The Hall–Kier alpha value is -0.470. The molecule has 0 amide bonds. The lowest BCUT2D eigenvalue weighted by atomic mass is 9.95. The maximum atomic E-state index is 3.53. The first-order valence-corrected chi connectivity index (χ1v) is 7.56. The molecule has 0 aromatic heterocycles. The highest BCUT2D eigenvalue weighted by atomic mass is 32.2. The Labute approximate surface area is 109 Å². The van der Waals surface area contributed by atoms with Gasteiger partial charge in [-0.1, -0.05) is 32.0 Å². The van der Waals surface area contributed by atoms with Gasteiger partial charge >= 0.3 is 0 Å². The summed E-state index contributed by atoms with van der Waals surface area (Å²) in [5.74, 6) is 0.752. The van der Waals surface area contributed by atoms with Crippen molar-refractivity contribution in [2.75, 3.05) is 6.54 Å². The molecule has 1 aromatic carbocycles. The van der Waals surface area contributed by atoms with Crippen molar-refractivity contribution >= 4 is 11.8 Å². The van der Waals surface area contributed by atoms with Gasteiger partial charge in [0.25, 0.3) is 0 Å². The molecule has 1 aliphatic heterocycles. The molecular formula is C15H23NS. The number of fused-ring (bicyclic) bond motifs is 1. The van der Waals surface area contributed by atoms with Gasteiger partial charge in [-0.3, -0.25) is 0 Å². The summed E-state index contributed by atoms with van der Waals surface area (Å²) in [5.41, 5.74) is 1.55. The smallest absolute Gasteiger partial charge is 0.0138 e. The van der Waals surface area contributed by atoms with E-state index in [1.807, 2.05) is 0 Å². The molecule has 0 spiro atoms. The molecule has 1 N–H and O–H groups in total. The highest BCUT2D eigenvalue weighted by Gasteiger charge is 2.24. The molecule has 3 unspecified atom stereocenters. The van der Waals surface area contributed by atoms with Gasteiger partial charge in [0.1, 0.15) is 0 Å². The van der Waals surface area contributed by atoms with Gasteiger partial charge in [-0.25, -0.2) is 0 Å². The van der Waals surface area contributed by atoms with E-state index in [-0.39, 0.29) is 0 Å². The van der Waals surface area contributed by atoms with Crippen molar-refractivity contribution in [1.29, 1.82) is 0 Å². The monoisotopic (exact) mass is 249 g/mol. The molecule has 0 fully saturated rings. The summed E-state index contributed by atoms with van der Waals surface area (Å²) in [6.07, 6.45) is 2.57. The van der Waals surface area contributed by atoms with Crippen LogP contribution in [0, 0.1) is 5.92 Å². The summed E-state index contributed by atoms with van der Waals surface area (Å²) >= 11 is 2.07. The third kappa shape index (κ3) is 3.26. The van der Waals surface area contributed by atoms with E-state index in [0.717, 1.165) is 17.7 Å². The first-order chi connectivity index (χ1) is 8.20. The molecule has 2 rings (SSSR count). The Bertz CT molecular complexity index is 339. The molecule has 1 heterocycles. The lowest BCUT2D eigenvalue weighted by Crippen LogP contribution is -2.33. The van der Waals surface area contributed by atoms with E-state index in [0.29, 0.717) is 6.04 Å². The van der Waals surface area contributed by atoms with Crippen molar-refractivity contribution in [3.63, 3.8) is 0 Å². The van der Waals surface area contributed by atoms with Crippen molar-refractivity contribution in [2.24, 2.45) is 5.92 Å². The highest BCUT2D eigenvalue weighted by molar-refractivity contribution is 8.00. The van der Waals surface area contributed by atoms with Crippen LogP contribution in [0.3, 0.4) is 0 Å². The van der Waals surface area contributed by atoms with Crippen LogP contribution in [0.2, 0.25) is 0 Å². The lowest BCUT2D eigenvalue weighted by Gasteiger charge is -2.23. The van der Waals surface area contributed by atoms with Gasteiger partial charge in [-0.2, -0.15) is 0 Å². The van der Waals surface area contributed by atoms with Crippen LogP contribution >= 0.6 is 11.8 Å². The number of benzene rings is 1. The molecule has 2 heteroatoms. The maximum absolute atomic E-state index is 3.53. The summed E-state index contributed by atoms with van der Waals surface area (Å²) in [6.45, 7) is 7.94. The molecule has 3 atom stereocenters. The number of nitrogens with one attached hydrogen (secondary N) is 1. The second kappa shape index (κ2) is 5.92. The van der Waals surface area contributed by atoms with Gasteiger partial charge in [0.05, 0.1) is 0 Å². The van der Waals surface area contributed by atoms with E-state index in [4.69, 9.17) is 0 Å². The minimum absolute atomic E-state index is 0.629. The van der Waals surface area contributed by atoms with Crippen molar-refractivity contribution in [3.05, 3.63) is 29.8 Å². The maximum Gasteiger partial charge on any atom is 0.0138 e. The first-order valence-electron chi connectivity index (χ1n) is 6.68. The summed E-state index contributed by atoms with van der Waals surface area (Å²) in [6, 6.07) is 9.48. The van der Waals surface area contributed by atoms with Gasteiger partial charge in [0.2, 0.25) is 0 Å². The first kappa shape index (κ1) is 13.0. The van der Waals surface area contributed by atoms with Crippen LogP contribution in [0.5, 0.6) is 0 Å². The average molecular weight is 249 g/mol. The van der Waals surface area contributed by atoms with Crippen molar-refractivity contribution in [1.82, 2.24) is 5.32 Å². The molecule has 94 valence electrons. The Morgan fingerprint density at radius 1 is 1.35 bits per heavy atom. The molecule has 1 aliphatic rings. The Kier molecular flexibility index (Phi) is 4.52. The summed E-state index contributed by atoms with van der Waals surface area (Å²) in [4.78, 5) is 1.50. The van der Waals surface area contributed by atoms with Gasteiger partial charge in [-0.15, -0.1) is 11.8 Å². The number of thioether (sulfide) groups is 1. The number of hydrogen-bond donors (Lipinski definition) is 1. The topological polar surface area (TPSA) is 12.0 Å². The van der Waals surface area contributed by atoms with Gasteiger partial charge in [0, 0.05) is 16.2 Å². The molecule has 0 bridgehead atoms.